The third-order valence-electron chi connectivity index (χ3n) is 2.06. The number of aromatic nitrogens is 2. The minimum Gasteiger partial charge on any atom is -0.258 e. The van der Waals surface area contributed by atoms with Gasteiger partial charge in [0.25, 0.3) is 5.69 Å². The molecular weight excluding hydrogens is 309 g/mol. The Morgan fingerprint density at radius 2 is 2.12 bits per heavy atom. The van der Waals surface area contributed by atoms with Crippen molar-refractivity contribution < 1.29 is 4.92 Å². The van der Waals surface area contributed by atoms with Crippen LogP contribution in [0.1, 0.15) is 0 Å². The van der Waals surface area contributed by atoms with Gasteiger partial charge in [0.2, 0.25) is 5.28 Å². The minimum atomic E-state index is -0.462. The maximum atomic E-state index is 10.8. The van der Waals surface area contributed by atoms with Crippen LogP contribution in [-0.2, 0) is 0 Å². The Kier molecular flexibility index (Phi) is 3.35. The molecule has 0 aliphatic carbocycles. The highest BCUT2D eigenvalue weighted by atomic mass is 79.9. The normalized spacial score (nSPS) is 10.2. The first-order chi connectivity index (χ1) is 8.08. The zero-order valence-corrected chi connectivity index (χ0v) is 10.6. The van der Waals surface area contributed by atoms with E-state index in [0.717, 1.165) is 0 Å². The van der Waals surface area contributed by atoms with Crippen LogP contribution in [0.4, 0.5) is 5.69 Å². The smallest absolute Gasteiger partial charge is 0.258 e. The predicted molar refractivity (Wildman–Crippen MR) is 66.8 cm³/mol. The molecule has 2 rings (SSSR count). The lowest BCUT2D eigenvalue weighted by atomic mass is 10.1. The van der Waals surface area contributed by atoms with Gasteiger partial charge in [-0.2, -0.15) is 0 Å². The minimum absolute atomic E-state index is 0.0164. The molecule has 5 nitrogen and oxygen atoms in total. The van der Waals surface area contributed by atoms with E-state index in [2.05, 4.69) is 25.9 Å². The number of hydrogen-bond donors (Lipinski definition) is 0. The summed E-state index contributed by atoms with van der Waals surface area (Å²) in [5, 5.41) is 10.9. The molecule has 1 heterocycles. The molecule has 0 aliphatic rings. The fourth-order valence-corrected chi connectivity index (χ4v) is 1.85. The van der Waals surface area contributed by atoms with E-state index in [9.17, 15) is 10.1 Å². The number of rotatable bonds is 2. The lowest BCUT2D eigenvalue weighted by molar-refractivity contribution is -0.385. The number of nitrogens with zero attached hydrogens (tertiary/aromatic N) is 3. The van der Waals surface area contributed by atoms with Crippen molar-refractivity contribution in [2.75, 3.05) is 0 Å². The first-order valence-electron chi connectivity index (χ1n) is 4.51. The highest BCUT2D eigenvalue weighted by molar-refractivity contribution is 9.10. The molecule has 0 aliphatic heterocycles. The zero-order chi connectivity index (χ0) is 12.4. The highest BCUT2D eigenvalue weighted by Crippen LogP contribution is 2.29. The SMILES string of the molecule is O=[N+]([O-])c1cc(-c2ccnc(Cl)n2)ccc1Br. The molecule has 0 atom stereocenters. The van der Waals surface area contributed by atoms with Crippen molar-refractivity contribution in [2.45, 2.75) is 0 Å². The van der Waals surface area contributed by atoms with Gasteiger partial charge in [0.05, 0.1) is 15.1 Å². The van der Waals surface area contributed by atoms with Gasteiger partial charge in [0.1, 0.15) is 0 Å². The van der Waals surface area contributed by atoms with E-state index in [1.165, 1.54) is 12.3 Å². The standard InChI is InChI=1S/C10H5BrClN3O2/c11-7-2-1-6(5-9(7)15(16)17)8-3-4-13-10(12)14-8/h1-5H. The van der Waals surface area contributed by atoms with Crippen molar-refractivity contribution >= 4 is 33.2 Å². The summed E-state index contributed by atoms with van der Waals surface area (Å²) in [4.78, 5) is 18.1. The Morgan fingerprint density at radius 3 is 2.76 bits per heavy atom. The van der Waals surface area contributed by atoms with Crippen LogP contribution in [0.5, 0.6) is 0 Å². The van der Waals surface area contributed by atoms with Gasteiger partial charge in [0.15, 0.2) is 0 Å². The van der Waals surface area contributed by atoms with Crippen molar-refractivity contribution in [1.82, 2.24) is 9.97 Å². The molecule has 2 aromatic rings. The molecule has 17 heavy (non-hydrogen) atoms. The Morgan fingerprint density at radius 1 is 1.35 bits per heavy atom. The first kappa shape index (κ1) is 11.9. The molecule has 0 amide bonds. The van der Waals surface area contributed by atoms with E-state index >= 15 is 0 Å². The number of nitro benzene ring substituents is 1. The average Bonchev–Trinajstić information content (AvgIpc) is 2.29. The molecule has 86 valence electrons. The van der Waals surface area contributed by atoms with Crippen LogP contribution in [0.25, 0.3) is 11.3 Å². The summed E-state index contributed by atoms with van der Waals surface area (Å²) in [6.07, 6.45) is 1.50. The van der Waals surface area contributed by atoms with Crippen LogP contribution < -0.4 is 0 Å². The van der Waals surface area contributed by atoms with E-state index < -0.39 is 4.92 Å². The maximum absolute atomic E-state index is 10.8. The van der Waals surface area contributed by atoms with Crippen molar-refractivity contribution in [2.24, 2.45) is 0 Å². The molecule has 1 aromatic heterocycles. The monoisotopic (exact) mass is 313 g/mol. The van der Waals surface area contributed by atoms with Gasteiger partial charge in [-0.15, -0.1) is 0 Å². The lowest BCUT2D eigenvalue weighted by Gasteiger charge is -2.02. The second-order valence-electron chi connectivity index (χ2n) is 3.13. The molecule has 0 radical (unpaired) electrons. The lowest BCUT2D eigenvalue weighted by Crippen LogP contribution is -1.92. The zero-order valence-electron chi connectivity index (χ0n) is 8.30. The first-order valence-corrected chi connectivity index (χ1v) is 5.68. The van der Waals surface area contributed by atoms with E-state index in [0.29, 0.717) is 15.7 Å². The fourth-order valence-electron chi connectivity index (χ4n) is 1.31. The maximum Gasteiger partial charge on any atom is 0.284 e. The molecular formula is C10H5BrClN3O2. The van der Waals surface area contributed by atoms with Crippen LogP contribution in [0.15, 0.2) is 34.9 Å². The van der Waals surface area contributed by atoms with Gasteiger partial charge in [-0.05, 0) is 39.7 Å². The van der Waals surface area contributed by atoms with Gasteiger partial charge in [-0.1, -0.05) is 6.07 Å². The molecule has 0 saturated carbocycles. The quantitative estimate of drug-likeness (QED) is 0.483. The number of hydrogen-bond acceptors (Lipinski definition) is 4. The third-order valence-corrected chi connectivity index (χ3v) is 2.92. The summed E-state index contributed by atoms with van der Waals surface area (Å²) in [5.41, 5.74) is 1.14. The second kappa shape index (κ2) is 4.77. The van der Waals surface area contributed by atoms with Crippen LogP contribution in [-0.4, -0.2) is 14.9 Å². The number of nitro groups is 1. The number of benzene rings is 1. The van der Waals surface area contributed by atoms with E-state index in [1.54, 1.807) is 18.2 Å². The Hall–Kier alpha value is -1.53. The van der Waals surface area contributed by atoms with E-state index in [4.69, 9.17) is 11.6 Å². The summed E-state index contributed by atoms with van der Waals surface area (Å²) >= 11 is 8.78. The second-order valence-corrected chi connectivity index (χ2v) is 4.33. The Labute approximate surface area is 110 Å². The van der Waals surface area contributed by atoms with E-state index in [-0.39, 0.29) is 11.0 Å². The van der Waals surface area contributed by atoms with Crippen LogP contribution in [0.2, 0.25) is 5.28 Å². The summed E-state index contributed by atoms with van der Waals surface area (Å²) in [7, 11) is 0. The van der Waals surface area contributed by atoms with E-state index in [1.807, 2.05) is 0 Å². The predicted octanol–water partition coefficient (Wildman–Crippen LogP) is 3.47. The molecule has 0 fully saturated rings. The Bertz CT molecular complexity index is 592. The average molecular weight is 315 g/mol. The van der Waals surface area contributed by atoms with Gasteiger partial charge in [0, 0.05) is 17.8 Å². The summed E-state index contributed by atoms with van der Waals surface area (Å²) in [6, 6.07) is 6.39. The molecule has 0 unspecified atom stereocenters. The van der Waals surface area contributed by atoms with Crippen LogP contribution >= 0.6 is 27.5 Å². The van der Waals surface area contributed by atoms with Crippen LogP contribution in [0, 0.1) is 10.1 Å². The van der Waals surface area contributed by atoms with Crippen molar-refractivity contribution in [3.63, 3.8) is 0 Å². The summed E-state index contributed by atoms with van der Waals surface area (Å²) in [6.45, 7) is 0. The number of halogens is 2. The van der Waals surface area contributed by atoms with Crippen molar-refractivity contribution in [1.29, 1.82) is 0 Å². The fraction of sp³-hybridized carbons (Fsp3) is 0. The van der Waals surface area contributed by atoms with Gasteiger partial charge < -0.3 is 0 Å². The van der Waals surface area contributed by atoms with Crippen molar-refractivity contribution in [3.8, 4) is 11.3 Å². The molecule has 0 saturated heterocycles. The highest BCUT2D eigenvalue weighted by Gasteiger charge is 2.13. The van der Waals surface area contributed by atoms with Gasteiger partial charge in [-0.3, -0.25) is 10.1 Å². The third kappa shape index (κ3) is 2.59. The van der Waals surface area contributed by atoms with Gasteiger partial charge >= 0.3 is 0 Å². The molecule has 0 N–H and O–H groups in total. The molecule has 0 spiro atoms. The Balaban J connectivity index is 2.54. The van der Waals surface area contributed by atoms with Crippen molar-refractivity contribution in [3.05, 3.63) is 50.3 Å². The largest absolute Gasteiger partial charge is 0.284 e. The molecule has 0 bridgehead atoms. The molecule has 1 aromatic carbocycles. The van der Waals surface area contributed by atoms with Gasteiger partial charge in [-0.25, -0.2) is 9.97 Å². The summed E-state index contributed by atoms with van der Waals surface area (Å²) < 4.78 is 0.423. The summed E-state index contributed by atoms with van der Waals surface area (Å²) in [5.74, 6) is 0. The van der Waals surface area contributed by atoms with Crippen LogP contribution in [0.3, 0.4) is 0 Å². The topological polar surface area (TPSA) is 68.9 Å². The molecule has 7 heteroatoms.